The monoisotopic (exact) mass is 406 g/mol. The zero-order valence-corrected chi connectivity index (χ0v) is 17.0. The number of halogens is 1. The Morgan fingerprint density at radius 2 is 1.64 bits per heavy atom. The molecule has 0 bridgehead atoms. The van der Waals surface area contributed by atoms with Crippen molar-refractivity contribution in [3.63, 3.8) is 0 Å². The first-order chi connectivity index (χ1) is 13.0. The highest BCUT2D eigenvalue weighted by molar-refractivity contribution is 7.90. The van der Waals surface area contributed by atoms with Gasteiger partial charge < -0.3 is 4.74 Å². The minimum atomic E-state index is -3.63. The zero-order chi connectivity index (χ0) is 21.1. The summed E-state index contributed by atoms with van der Waals surface area (Å²) in [7, 11) is -3.63. The molecule has 0 amide bonds. The van der Waals surface area contributed by atoms with E-state index in [4.69, 9.17) is 4.74 Å². The number of ether oxygens (including phenoxy) is 1. The van der Waals surface area contributed by atoms with Crippen molar-refractivity contribution in [3.05, 3.63) is 59.9 Å². The predicted octanol–water partition coefficient (Wildman–Crippen LogP) is 3.72. The fourth-order valence-corrected chi connectivity index (χ4v) is 4.18. The van der Waals surface area contributed by atoms with E-state index in [9.17, 15) is 22.4 Å². The number of ketones is 2. The van der Waals surface area contributed by atoms with Crippen LogP contribution in [0.4, 0.5) is 4.39 Å². The Kier molecular flexibility index (Phi) is 6.39. The van der Waals surface area contributed by atoms with Gasteiger partial charge >= 0.3 is 0 Å². The average molecular weight is 406 g/mol. The molecular formula is C21H23FO5S. The summed E-state index contributed by atoms with van der Waals surface area (Å²) in [6, 6.07) is 11.2. The molecule has 7 heteroatoms. The van der Waals surface area contributed by atoms with E-state index in [0.29, 0.717) is 5.56 Å². The summed E-state index contributed by atoms with van der Waals surface area (Å²) in [4.78, 5) is 25.2. The topological polar surface area (TPSA) is 77.5 Å². The van der Waals surface area contributed by atoms with Crippen LogP contribution in [0.15, 0.2) is 53.4 Å². The minimum absolute atomic E-state index is 0.00425. The van der Waals surface area contributed by atoms with Crippen molar-refractivity contribution < 1.29 is 27.1 Å². The van der Waals surface area contributed by atoms with E-state index in [0.717, 1.165) is 6.26 Å². The molecule has 0 aliphatic rings. The molecule has 2 aromatic rings. The fraction of sp³-hybridized carbons (Fsp3) is 0.333. The van der Waals surface area contributed by atoms with Crippen molar-refractivity contribution >= 4 is 21.4 Å². The number of rotatable bonds is 8. The van der Waals surface area contributed by atoms with Crippen LogP contribution >= 0.6 is 0 Å². The van der Waals surface area contributed by atoms with Crippen molar-refractivity contribution in [1.29, 1.82) is 0 Å². The van der Waals surface area contributed by atoms with E-state index < -0.39 is 33.0 Å². The normalized spacial score (nSPS) is 14.8. The van der Waals surface area contributed by atoms with E-state index in [1.165, 1.54) is 50.2 Å². The molecule has 0 aromatic heterocycles. The maximum absolute atomic E-state index is 13.4. The molecule has 0 fully saturated rings. The van der Waals surface area contributed by atoms with Gasteiger partial charge in [-0.05, 0) is 50.1 Å². The lowest BCUT2D eigenvalue weighted by Crippen LogP contribution is -2.51. The summed E-state index contributed by atoms with van der Waals surface area (Å²) in [5, 5.41) is 0. The molecule has 0 aliphatic heterocycles. The second kappa shape index (κ2) is 8.22. The fourth-order valence-electron chi connectivity index (χ4n) is 3.38. The third-order valence-electron chi connectivity index (χ3n) is 4.74. The summed E-state index contributed by atoms with van der Waals surface area (Å²) in [6.07, 6.45) is 1.15. The number of hydrogen-bond donors (Lipinski definition) is 0. The first-order valence-corrected chi connectivity index (χ1v) is 10.7. The van der Waals surface area contributed by atoms with Crippen LogP contribution in [0, 0.1) is 5.82 Å². The van der Waals surface area contributed by atoms with E-state index in [-0.39, 0.29) is 22.8 Å². The number of Topliss-reactive ketones (excluding diaryl/α,β-unsaturated/α-hetero) is 2. The van der Waals surface area contributed by atoms with Crippen molar-refractivity contribution in [2.45, 2.75) is 43.6 Å². The SMILES string of the molecule is CCC(Oc1ccccc1S(C)(=O)=O)(C(C)=O)C(C(C)=O)c1ccc(F)cc1. The van der Waals surface area contributed by atoms with E-state index >= 15 is 0 Å². The Labute approximate surface area is 164 Å². The van der Waals surface area contributed by atoms with Crippen molar-refractivity contribution in [3.8, 4) is 5.75 Å². The second-order valence-electron chi connectivity index (χ2n) is 6.72. The Morgan fingerprint density at radius 3 is 2.11 bits per heavy atom. The van der Waals surface area contributed by atoms with Gasteiger partial charge in [0.05, 0.1) is 5.92 Å². The van der Waals surface area contributed by atoms with Crippen LogP contribution in [0.5, 0.6) is 5.75 Å². The Morgan fingerprint density at radius 1 is 1.07 bits per heavy atom. The molecule has 0 saturated heterocycles. The molecule has 2 unspecified atom stereocenters. The molecule has 0 N–H and O–H groups in total. The number of carbonyl (C=O) groups is 2. The van der Waals surface area contributed by atoms with Gasteiger partial charge in [-0.2, -0.15) is 0 Å². The maximum atomic E-state index is 13.4. The van der Waals surface area contributed by atoms with Gasteiger partial charge in [0.25, 0.3) is 0 Å². The van der Waals surface area contributed by atoms with Crippen LogP contribution in [0.25, 0.3) is 0 Å². The second-order valence-corrected chi connectivity index (χ2v) is 8.70. The Balaban J connectivity index is 2.69. The highest BCUT2D eigenvalue weighted by Gasteiger charge is 2.48. The zero-order valence-electron chi connectivity index (χ0n) is 16.2. The van der Waals surface area contributed by atoms with Gasteiger partial charge in [-0.15, -0.1) is 0 Å². The highest BCUT2D eigenvalue weighted by atomic mass is 32.2. The van der Waals surface area contributed by atoms with Crippen LogP contribution in [0.1, 0.15) is 38.7 Å². The molecule has 0 saturated carbocycles. The molecule has 5 nitrogen and oxygen atoms in total. The molecule has 150 valence electrons. The summed E-state index contributed by atoms with van der Waals surface area (Å²) < 4.78 is 43.7. The third-order valence-corrected chi connectivity index (χ3v) is 5.87. The average Bonchev–Trinajstić information content (AvgIpc) is 2.61. The smallest absolute Gasteiger partial charge is 0.180 e. The van der Waals surface area contributed by atoms with Crippen LogP contribution in [0.3, 0.4) is 0 Å². The standard InChI is InChI=1S/C21H23FO5S/c1-5-21(15(3)24,20(14(2)23)16-10-12-17(22)13-11-16)27-18-8-6-7-9-19(18)28(4,25)26/h6-13,20H,5H2,1-4H3. The molecule has 0 aliphatic carbocycles. The highest BCUT2D eigenvalue weighted by Crippen LogP contribution is 2.39. The maximum Gasteiger partial charge on any atom is 0.180 e. The molecule has 0 spiro atoms. The van der Waals surface area contributed by atoms with Crippen molar-refractivity contribution in [2.24, 2.45) is 0 Å². The number of carbonyl (C=O) groups excluding carboxylic acids is 2. The van der Waals surface area contributed by atoms with Gasteiger partial charge in [-0.1, -0.05) is 31.2 Å². The lowest BCUT2D eigenvalue weighted by Gasteiger charge is -2.38. The molecular weight excluding hydrogens is 383 g/mol. The van der Waals surface area contributed by atoms with Crippen LogP contribution < -0.4 is 4.74 Å². The van der Waals surface area contributed by atoms with Crippen LogP contribution in [0.2, 0.25) is 0 Å². The molecule has 2 aromatic carbocycles. The molecule has 2 rings (SSSR count). The minimum Gasteiger partial charge on any atom is -0.477 e. The Hall–Kier alpha value is -2.54. The first-order valence-electron chi connectivity index (χ1n) is 8.78. The number of para-hydroxylation sites is 1. The predicted molar refractivity (Wildman–Crippen MR) is 104 cm³/mol. The van der Waals surface area contributed by atoms with Gasteiger partial charge in [0.1, 0.15) is 22.2 Å². The first kappa shape index (κ1) is 21.8. The van der Waals surface area contributed by atoms with Gasteiger partial charge in [0, 0.05) is 6.26 Å². The third kappa shape index (κ3) is 4.30. The molecule has 0 radical (unpaired) electrons. The summed E-state index contributed by atoms with van der Waals surface area (Å²) in [5.74, 6) is -2.28. The van der Waals surface area contributed by atoms with E-state index in [1.54, 1.807) is 19.1 Å². The van der Waals surface area contributed by atoms with Gasteiger partial charge in [-0.25, -0.2) is 12.8 Å². The summed E-state index contributed by atoms with van der Waals surface area (Å²) in [6.45, 7) is 4.31. The lowest BCUT2D eigenvalue weighted by molar-refractivity contribution is -0.140. The van der Waals surface area contributed by atoms with Gasteiger partial charge in [0.15, 0.2) is 21.2 Å². The van der Waals surface area contributed by atoms with Crippen LogP contribution in [-0.2, 0) is 19.4 Å². The van der Waals surface area contributed by atoms with Crippen molar-refractivity contribution in [2.75, 3.05) is 6.26 Å². The van der Waals surface area contributed by atoms with Crippen LogP contribution in [-0.4, -0.2) is 31.8 Å². The van der Waals surface area contributed by atoms with Gasteiger partial charge in [-0.3, -0.25) is 9.59 Å². The molecule has 2 atom stereocenters. The van der Waals surface area contributed by atoms with Gasteiger partial charge in [0.2, 0.25) is 0 Å². The Bertz CT molecular complexity index is 982. The number of hydrogen-bond acceptors (Lipinski definition) is 5. The number of sulfone groups is 1. The van der Waals surface area contributed by atoms with E-state index in [2.05, 4.69) is 0 Å². The quantitative estimate of drug-likeness (QED) is 0.668. The molecule has 28 heavy (non-hydrogen) atoms. The largest absolute Gasteiger partial charge is 0.477 e. The summed E-state index contributed by atoms with van der Waals surface area (Å²) in [5.41, 5.74) is -1.22. The molecule has 0 heterocycles. The van der Waals surface area contributed by atoms with Crippen molar-refractivity contribution in [1.82, 2.24) is 0 Å². The van der Waals surface area contributed by atoms with E-state index in [1.807, 2.05) is 0 Å². The summed E-state index contributed by atoms with van der Waals surface area (Å²) >= 11 is 0. The number of benzene rings is 2. The lowest BCUT2D eigenvalue weighted by atomic mass is 9.75.